The van der Waals surface area contributed by atoms with Crippen molar-refractivity contribution in [2.45, 2.75) is 6.61 Å². The Balaban J connectivity index is 1.95. The number of alkyl halides is 2. The van der Waals surface area contributed by atoms with Gasteiger partial charge in [-0.15, -0.1) is 11.3 Å². The summed E-state index contributed by atoms with van der Waals surface area (Å²) in [6, 6.07) is 2.26. The minimum Gasteiger partial charge on any atom is -0.433 e. The van der Waals surface area contributed by atoms with E-state index < -0.39 is 24.2 Å². The second kappa shape index (κ2) is 8.22. The molecule has 2 N–H and O–H groups in total. The van der Waals surface area contributed by atoms with Crippen molar-refractivity contribution in [1.82, 2.24) is 25.2 Å². The van der Waals surface area contributed by atoms with Crippen molar-refractivity contribution in [2.24, 2.45) is 7.05 Å². The fraction of sp³-hybridized carbons (Fsp3) is 0.143. The van der Waals surface area contributed by atoms with E-state index in [9.17, 15) is 18.4 Å². The molecular weight excluding hydrogens is 420 g/mol. The lowest BCUT2D eigenvalue weighted by Gasteiger charge is -2.15. The van der Waals surface area contributed by atoms with Gasteiger partial charge in [0.15, 0.2) is 5.75 Å². The summed E-state index contributed by atoms with van der Waals surface area (Å²) in [5, 5.41) is 15.0. The molecule has 28 heavy (non-hydrogen) atoms. The zero-order valence-corrected chi connectivity index (χ0v) is 15.5. The highest BCUT2D eigenvalue weighted by atomic mass is 35.5. The van der Waals surface area contributed by atoms with Crippen LogP contribution in [0.4, 0.5) is 20.4 Å². The molecule has 0 unspecified atom stereocenters. The van der Waals surface area contributed by atoms with Gasteiger partial charge < -0.3 is 10.1 Å². The third-order valence-corrected chi connectivity index (χ3v) is 4.47. The highest BCUT2D eigenvalue weighted by Crippen LogP contribution is 2.37. The van der Waals surface area contributed by atoms with Gasteiger partial charge in [-0.1, -0.05) is 16.7 Å². The number of tetrazole rings is 1. The number of ether oxygens (including phenoxy) is 1. The fourth-order valence-electron chi connectivity index (χ4n) is 2.05. The Kier molecular flexibility index (Phi) is 5.75. The van der Waals surface area contributed by atoms with Gasteiger partial charge in [-0.05, 0) is 22.6 Å². The summed E-state index contributed by atoms with van der Waals surface area (Å²) in [7, 11) is 1.50. The van der Waals surface area contributed by atoms with E-state index in [1.165, 1.54) is 29.5 Å². The van der Waals surface area contributed by atoms with Crippen LogP contribution in [-0.2, 0) is 7.05 Å². The first-order valence-corrected chi connectivity index (χ1v) is 8.63. The van der Waals surface area contributed by atoms with E-state index >= 15 is 0 Å². The van der Waals surface area contributed by atoms with E-state index in [1.807, 2.05) is 0 Å². The van der Waals surface area contributed by atoms with E-state index in [0.29, 0.717) is 0 Å². The number of nitrogens with one attached hydrogen (secondary N) is 2. The van der Waals surface area contributed by atoms with Crippen molar-refractivity contribution in [3.63, 3.8) is 0 Å². The van der Waals surface area contributed by atoms with Crippen molar-refractivity contribution >= 4 is 46.4 Å². The number of amides is 2. The highest BCUT2D eigenvalue weighted by Gasteiger charge is 2.23. The topological polar surface area (TPSA) is 124 Å². The van der Waals surface area contributed by atoms with Crippen molar-refractivity contribution in [3.05, 3.63) is 39.3 Å². The maximum absolute atomic E-state index is 12.7. The van der Waals surface area contributed by atoms with E-state index in [2.05, 4.69) is 35.9 Å². The van der Waals surface area contributed by atoms with Gasteiger partial charge in [0.05, 0.1) is 22.3 Å². The molecule has 0 saturated carbocycles. The summed E-state index contributed by atoms with van der Waals surface area (Å²) >= 11 is 7.24. The van der Waals surface area contributed by atoms with Gasteiger partial charge in [0.2, 0.25) is 5.95 Å². The molecule has 146 valence electrons. The average molecular weight is 430 g/mol. The van der Waals surface area contributed by atoms with Crippen molar-refractivity contribution in [3.8, 4) is 5.75 Å². The molecule has 14 heteroatoms. The quantitative estimate of drug-likeness (QED) is 0.616. The number of nitrogens with zero attached hydrogens (tertiary/aromatic N) is 5. The summed E-state index contributed by atoms with van der Waals surface area (Å²) in [6.07, 6.45) is 1.29. The molecule has 3 aromatic rings. The number of carbonyl (C=O) groups is 2. The van der Waals surface area contributed by atoms with Crippen LogP contribution in [-0.4, -0.2) is 43.6 Å². The van der Waals surface area contributed by atoms with Gasteiger partial charge in [-0.25, -0.2) is 4.68 Å². The van der Waals surface area contributed by atoms with Crippen LogP contribution in [0, 0.1) is 0 Å². The molecule has 0 aliphatic carbocycles. The molecule has 0 spiro atoms. The number of thiazole rings is 1. The molecule has 0 saturated heterocycles. The smallest absolute Gasteiger partial charge is 0.387 e. The van der Waals surface area contributed by atoms with Crippen LogP contribution in [0.15, 0.2) is 23.8 Å². The van der Waals surface area contributed by atoms with Crippen molar-refractivity contribution in [2.75, 3.05) is 10.6 Å². The Hall–Kier alpha value is -3.19. The van der Waals surface area contributed by atoms with E-state index in [-0.39, 0.29) is 27.1 Å². The summed E-state index contributed by atoms with van der Waals surface area (Å²) in [5.41, 5.74) is 1.02. The normalized spacial score (nSPS) is 10.8. The molecule has 3 rings (SSSR count). The number of benzene rings is 1. The number of hydrogen-bond acceptors (Lipinski definition) is 8. The Morgan fingerprint density at radius 3 is 2.68 bits per heavy atom. The number of aromatic nitrogens is 5. The van der Waals surface area contributed by atoms with Gasteiger partial charge in [-0.3, -0.25) is 19.9 Å². The van der Waals surface area contributed by atoms with Crippen molar-refractivity contribution in [1.29, 1.82) is 0 Å². The monoisotopic (exact) mass is 429 g/mol. The maximum atomic E-state index is 12.7. The lowest BCUT2D eigenvalue weighted by atomic mass is 10.1. The SMILES string of the molecule is Cn1nnnc1NC(=O)c1ccc(OC(F)F)c(NC(=O)c2cncs2)c1Cl. The Bertz CT molecular complexity index is 1010. The molecule has 2 heterocycles. The molecule has 0 aliphatic heterocycles. The van der Waals surface area contributed by atoms with Crippen LogP contribution >= 0.6 is 22.9 Å². The molecule has 0 fully saturated rings. The van der Waals surface area contributed by atoms with Gasteiger partial charge >= 0.3 is 6.61 Å². The van der Waals surface area contributed by atoms with Crippen LogP contribution in [0.2, 0.25) is 5.02 Å². The molecule has 0 radical (unpaired) electrons. The second-order valence-corrected chi connectivity index (χ2v) is 6.34. The van der Waals surface area contributed by atoms with Gasteiger partial charge in [0.25, 0.3) is 11.8 Å². The Morgan fingerprint density at radius 2 is 2.07 bits per heavy atom. The van der Waals surface area contributed by atoms with Crippen LogP contribution in [0.3, 0.4) is 0 Å². The minimum absolute atomic E-state index is 0.0317. The molecule has 10 nitrogen and oxygen atoms in total. The van der Waals surface area contributed by atoms with Crippen LogP contribution in [0.5, 0.6) is 5.75 Å². The van der Waals surface area contributed by atoms with Crippen LogP contribution in [0.25, 0.3) is 0 Å². The first-order valence-electron chi connectivity index (χ1n) is 7.37. The molecule has 1 aromatic carbocycles. The third-order valence-electron chi connectivity index (χ3n) is 3.30. The number of carbonyl (C=O) groups excluding carboxylic acids is 2. The third kappa shape index (κ3) is 4.20. The Labute approximate surface area is 164 Å². The first kappa shape index (κ1) is 19.6. The van der Waals surface area contributed by atoms with E-state index in [4.69, 9.17) is 11.6 Å². The van der Waals surface area contributed by atoms with Gasteiger partial charge in [0.1, 0.15) is 10.6 Å². The van der Waals surface area contributed by atoms with E-state index in [0.717, 1.165) is 17.4 Å². The number of rotatable bonds is 6. The highest BCUT2D eigenvalue weighted by molar-refractivity contribution is 7.11. The van der Waals surface area contributed by atoms with Crippen LogP contribution < -0.4 is 15.4 Å². The number of hydrogen-bond donors (Lipinski definition) is 2. The standard InChI is InChI=1S/C14H10ClF2N7O3S/c1-24-14(21-22-23-24)20-11(25)6-2-3-7(27-13(16)17)10(9(6)15)19-12(26)8-4-18-5-28-8/h2-5,13H,1H3,(H,19,26)(H,20,21,23,25). The summed E-state index contributed by atoms with van der Waals surface area (Å²) in [5.74, 6) is -1.75. The number of anilines is 2. The van der Waals surface area contributed by atoms with E-state index in [1.54, 1.807) is 0 Å². The molecule has 2 aromatic heterocycles. The predicted octanol–water partition coefficient (Wildman–Crippen LogP) is 2.43. The molecular formula is C14H10ClF2N7O3S. The van der Waals surface area contributed by atoms with Gasteiger partial charge in [-0.2, -0.15) is 8.78 Å². The lowest BCUT2D eigenvalue weighted by Crippen LogP contribution is -2.18. The molecule has 0 aliphatic rings. The number of halogens is 3. The lowest BCUT2D eigenvalue weighted by molar-refractivity contribution is -0.0493. The summed E-state index contributed by atoms with van der Waals surface area (Å²) < 4.78 is 31.0. The Morgan fingerprint density at radius 1 is 1.29 bits per heavy atom. The molecule has 0 atom stereocenters. The fourth-order valence-corrected chi connectivity index (χ4v) is 2.86. The predicted molar refractivity (Wildman–Crippen MR) is 94.9 cm³/mol. The molecule has 2 amide bonds. The zero-order chi connectivity index (χ0) is 20.3. The van der Waals surface area contributed by atoms with Crippen molar-refractivity contribution < 1.29 is 23.1 Å². The second-order valence-electron chi connectivity index (χ2n) is 5.08. The maximum Gasteiger partial charge on any atom is 0.387 e. The number of aryl methyl sites for hydroxylation is 1. The largest absolute Gasteiger partial charge is 0.433 e. The van der Waals surface area contributed by atoms with Gasteiger partial charge in [0, 0.05) is 7.05 Å². The van der Waals surface area contributed by atoms with Crippen LogP contribution in [0.1, 0.15) is 20.0 Å². The molecule has 0 bridgehead atoms. The minimum atomic E-state index is -3.17. The first-order chi connectivity index (χ1) is 13.4. The summed E-state index contributed by atoms with van der Waals surface area (Å²) in [4.78, 5) is 28.7. The summed E-state index contributed by atoms with van der Waals surface area (Å²) in [6.45, 7) is -3.17. The average Bonchev–Trinajstić information content (AvgIpc) is 3.30. The zero-order valence-electron chi connectivity index (χ0n) is 13.9.